The molecule has 0 saturated heterocycles. The van der Waals surface area contributed by atoms with Crippen LogP contribution in [-0.2, 0) is 0 Å². The fourth-order valence-electron chi connectivity index (χ4n) is 1.84. The van der Waals surface area contributed by atoms with Gasteiger partial charge in [-0.25, -0.2) is 8.78 Å². The van der Waals surface area contributed by atoms with Crippen LogP contribution < -0.4 is 4.74 Å². The summed E-state index contributed by atoms with van der Waals surface area (Å²) in [5.74, 6) is -9.57. The van der Waals surface area contributed by atoms with E-state index in [9.17, 15) is 27.5 Å². The molecule has 2 rings (SSSR count). The summed E-state index contributed by atoms with van der Waals surface area (Å²) < 4.78 is 55.8. The van der Waals surface area contributed by atoms with E-state index in [0.29, 0.717) is 5.56 Å². The summed E-state index contributed by atoms with van der Waals surface area (Å²) >= 11 is 0. The van der Waals surface area contributed by atoms with Crippen LogP contribution in [0.15, 0.2) is 18.2 Å². The molecule has 1 aliphatic heterocycles. The van der Waals surface area contributed by atoms with Gasteiger partial charge in [0.25, 0.3) is 5.79 Å². The van der Waals surface area contributed by atoms with E-state index in [1.54, 1.807) is 6.92 Å². The molecule has 0 spiro atoms. The van der Waals surface area contributed by atoms with Crippen molar-refractivity contribution in [2.24, 2.45) is 0 Å². The summed E-state index contributed by atoms with van der Waals surface area (Å²) in [5.41, 5.74) is 0.677. The van der Waals surface area contributed by atoms with Gasteiger partial charge >= 0.3 is 12.3 Å². The van der Waals surface area contributed by atoms with Crippen LogP contribution in [-0.4, -0.2) is 29.0 Å². The molecule has 0 saturated carbocycles. The predicted molar refractivity (Wildman–Crippen MR) is 56.7 cm³/mol. The Bertz CT molecular complexity index is 530. The molecule has 0 bridgehead atoms. The Hall–Kier alpha value is -1.63. The second kappa shape index (κ2) is 4.19. The van der Waals surface area contributed by atoms with Crippen molar-refractivity contribution in [3.63, 3.8) is 0 Å². The SMILES string of the molecule is Cc1ccc2c(c1)C(=O)C[C@@](O)(C(F)(F)C(F)F)O2. The first-order valence-corrected chi connectivity index (χ1v) is 5.38. The molecular formula is C12H10F4O3. The van der Waals surface area contributed by atoms with Gasteiger partial charge in [-0.2, -0.15) is 8.78 Å². The molecular weight excluding hydrogens is 268 g/mol. The number of aryl methyl sites for hydroxylation is 1. The molecule has 1 heterocycles. The van der Waals surface area contributed by atoms with E-state index in [0.717, 1.165) is 0 Å². The maximum absolute atomic E-state index is 13.3. The van der Waals surface area contributed by atoms with Crippen molar-refractivity contribution in [2.75, 3.05) is 0 Å². The summed E-state index contributed by atoms with van der Waals surface area (Å²) in [6.07, 6.45) is -5.36. The molecule has 104 valence electrons. The van der Waals surface area contributed by atoms with E-state index < -0.39 is 30.3 Å². The number of alkyl halides is 4. The standard InChI is InChI=1S/C12H10F4O3/c1-6-2-3-9-7(4-6)8(17)5-11(18,19-9)12(15,16)10(13)14/h2-4,10,18H,5H2,1H3/t11-/m0/s1. The number of ketones is 1. The summed E-state index contributed by atoms with van der Waals surface area (Å²) in [4.78, 5) is 11.7. The normalized spacial score (nSPS) is 23.2. The Morgan fingerprint density at radius 3 is 2.63 bits per heavy atom. The number of Topliss-reactive ketones (excluding diaryl/α,β-unsaturated/α-hetero) is 1. The van der Waals surface area contributed by atoms with Crippen molar-refractivity contribution in [1.29, 1.82) is 0 Å². The molecule has 7 heteroatoms. The van der Waals surface area contributed by atoms with E-state index in [1.165, 1.54) is 18.2 Å². The van der Waals surface area contributed by atoms with Crippen LogP contribution in [0.2, 0.25) is 0 Å². The maximum Gasteiger partial charge on any atom is 0.371 e. The highest BCUT2D eigenvalue weighted by Gasteiger charge is 2.64. The number of hydrogen-bond donors (Lipinski definition) is 1. The number of halogens is 4. The lowest BCUT2D eigenvalue weighted by Gasteiger charge is -2.38. The number of carbonyl (C=O) groups excluding carboxylic acids is 1. The molecule has 1 aromatic rings. The third-order valence-corrected chi connectivity index (χ3v) is 2.91. The highest BCUT2D eigenvalue weighted by Crippen LogP contribution is 2.43. The molecule has 0 radical (unpaired) electrons. The minimum Gasteiger partial charge on any atom is -0.454 e. The molecule has 0 aliphatic carbocycles. The number of benzene rings is 1. The molecule has 1 atom stereocenters. The number of fused-ring (bicyclic) bond motifs is 1. The van der Waals surface area contributed by atoms with Crippen molar-refractivity contribution in [3.8, 4) is 5.75 Å². The number of hydrogen-bond acceptors (Lipinski definition) is 3. The van der Waals surface area contributed by atoms with Crippen molar-refractivity contribution < 1.29 is 32.2 Å². The molecule has 1 aliphatic rings. The van der Waals surface area contributed by atoms with Gasteiger partial charge < -0.3 is 9.84 Å². The zero-order chi connectivity index (χ0) is 14.4. The molecule has 0 aromatic heterocycles. The van der Waals surface area contributed by atoms with Crippen LogP contribution in [0.5, 0.6) is 5.75 Å². The van der Waals surface area contributed by atoms with E-state index >= 15 is 0 Å². The Balaban J connectivity index is 2.46. The Morgan fingerprint density at radius 2 is 2.05 bits per heavy atom. The first-order valence-electron chi connectivity index (χ1n) is 5.38. The van der Waals surface area contributed by atoms with Gasteiger partial charge in [-0.3, -0.25) is 4.79 Å². The van der Waals surface area contributed by atoms with Crippen LogP contribution in [0.4, 0.5) is 17.6 Å². The quantitative estimate of drug-likeness (QED) is 0.846. The first-order chi connectivity index (χ1) is 8.67. The first kappa shape index (κ1) is 13.8. The highest BCUT2D eigenvalue weighted by atomic mass is 19.3. The van der Waals surface area contributed by atoms with Crippen molar-refractivity contribution in [1.82, 2.24) is 0 Å². The van der Waals surface area contributed by atoms with Crippen LogP contribution in [0.3, 0.4) is 0 Å². The number of aliphatic hydroxyl groups is 1. The van der Waals surface area contributed by atoms with Gasteiger partial charge in [-0.1, -0.05) is 11.6 Å². The van der Waals surface area contributed by atoms with Gasteiger partial charge in [0.2, 0.25) is 0 Å². The second-order valence-corrected chi connectivity index (χ2v) is 4.41. The van der Waals surface area contributed by atoms with Crippen LogP contribution in [0.25, 0.3) is 0 Å². The second-order valence-electron chi connectivity index (χ2n) is 4.41. The van der Waals surface area contributed by atoms with E-state index in [-0.39, 0.29) is 11.3 Å². The van der Waals surface area contributed by atoms with Gasteiger partial charge in [0.1, 0.15) is 5.75 Å². The lowest BCUT2D eigenvalue weighted by Crippen LogP contribution is -2.59. The third-order valence-electron chi connectivity index (χ3n) is 2.91. The summed E-state index contributed by atoms with van der Waals surface area (Å²) in [6.45, 7) is 1.67. The molecule has 1 N–H and O–H groups in total. The Labute approximate surface area is 105 Å². The van der Waals surface area contributed by atoms with Crippen molar-refractivity contribution >= 4 is 5.78 Å². The van der Waals surface area contributed by atoms with E-state index in [1.807, 2.05) is 0 Å². The molecule has 1 aromatic carbocycles. The van der Waals surface area contributed by atoms with Gasteiger partial charge in [0.15, 0.2) is 5.78 Å². The lowest BCUT2D eigenvalue weighted by atomic mass is 9.93. The average Bonchev–Trinajstić information content (AvgIpc) is 2.30. The topological polar surface area (TPSA) is 46.5 Å². The van der Waals surface area contributed by atoms with Gasteiger partial charge in [-0.15, -0.1) is 0 Å². The molecule has 0 fully saturated rings. The Kier molecular flexibility index (Phi) is 3.04. The van der Waals surface area contributed by atoms with Gasteiger partial charge in [-0.05, 0) is 19.1 Å². The monoisotopic (exact) mass is 278 g/mol. The molecule has 19 heavy (non-hydrogen) atoms. The lowest BCUT2D eigenvalue weighted by molar-refractivity contribution is -0.316. The maximum atomic E-state index is 13.3. The zero-order valence-corrected chi connectivity index (χ0v) is 9.79. The molecule has 3 nitrogen and oxygen atoms in total. The summed E-state index contributed by atoms with van der Waals surface area (Å²) in [5, 5.41) is 9.58. The summed E-state index contributed by atoms with van der Waals surface area (Å²) in [7, 11) is 0. The molecule has 0 amide bonds. The fourth-order valence-corrected chi connectivity index (χ4v) is 1.84. The largest absolute Gasteiger partial charge is 0.454 e. The highest BCUT2D eigenvalue weighted by molar-refractivity contribution is 6.00. The molecule has 0 unspecified atom stereocenters. The predicted octanol–water partition coefficient (Wildman–Crippen LogP) is 2.55. The Morgan fingerprint density at radius 1 is 1.42 bits per heavy atom. The minimum atomic E-state index is -4.84. The number of ether oxygens (including phenoxy) is 1. The van der Waals surface area contributed by atoms with E-state index in [2.05, 4.69) is 4.74 Å². The fraction of sp³-hybridized carbons (Fsp3) is 0.417. The van der Waals surface area contributed by atoms with Gasteiger partial charge in [0, 0.05) is 0 Å². The van der Waals surface area contributed by atoms with E-state index in [4.69, 9.17) is 0 Å². The van der Waals surface area contributed by atoms with Crippen LogP contribution in [0, 0.1) is 6.92 Å². The smallest absolute Gasteiger partial charge is 0.371 e. The summed E-state index contributed by atoms with van der Waals surface area (Å²) in [6, 6.07) is 4.03. The number of carbonyl (C=O) groups is 1. The van der Waals surface area contributed by atoms with Crippen molar-refractivity contribution in [2.45, 2.75) is 31.5 Å². The van der Waals surface area contributed by atoms with Crippen LogP contribution in [0.1, 0.15) is 22.3 Å². The van der Waals surface area contributed by atoms with Crippen molar-refractivity contribution in [3.05, 3.63) is 29.3 Å². The third kappa shape index (κ3) is 2.07. The average molecular weight is 278 g/mol. The minimum absolute atomic E-state index is 0.00487. The zero-order valence-electron chi connectivity index (χ0n) is 9.79. The van der Waals surface area contributed by atoms with Crippen LogP contribution >= 0.6 is 0 Å². The number of rotatable bonds is 2. The van der Waals surface area contributed by atoms with Gasteiger partial charge in [0.05, 0.1) is 12.0 Å².